The van der Waals surface area contributed by atoms with Gasteiger partial charge in [0.05, 0.1) is 40.6 Å². The van der Waals surface area contributed by atoms with Gasteiger partial charge in [-0.3, -0.25) is 9.78 Å². The van der Waals surface area contributed by atoms with E-state index >= 15 is 0 Å². The van der Waals surface area contributed by atoms with Crippen molar-refractivity contribution in [3.8, 4) is 16.3 Å². The van der Waals surface area contributed by atoms with Gasteiger partial charge in [0.25, 0.3) is 5.91 Å². The molecule has 174 valence electrons. The molecule has 0 bridgehead atoms. The minimum Gasteiger partial charge on any atom is -0.497 e. The number of carbonyl (C=O) groups is 1. The second-order valence-electron chi connectivity index (χ2n) is 8.40. The summed E-state index contributed by atoms with van der Waals surface area (Å²) in [4.78, 5) is 29.7. The molecule has 1 atom stereocenters. The number of rotatable bonds is 6. The van der Waals surface area contributed by atoms with Crippen LogP contribution in [0, 0.1) is 6.92 Å². The van der Waals surface area contributed by atoms with Crippen molar-refractivity contribution in [2.75, 3.05) is 13.7 Å². The number of benzene rings is 1. The molecular weight excluding hydrogens is 448 g/mol. The van der Waals surface area contributed by atoms with Gasteiger partial charge in [0.2, 0.25) is 5.89 Å². The van der Waals surface area contributed by atoms with E-state index in [9.17, 15) is 4.79 Å². The minimum absolute atomic E-state index is 0.0441. The quantitative estimate of drug-likeness (QED) is 0.369. The standard InChI is InChI=1S/C26H26N4O3S/c1-17-24(34-16-29-17)22-10-9-19(14-27-22)26(31)30-11-4-3-8-23(30)25-28-15-21(33-25)13-18-6-5-7-20(12-18)32-2/h5-7,9-10,12,14-16,23H,3-4,8,11,13H2,1-2H3/t23-/m1/s1. The average Bonchev–Trinajstić information content (AvgIpc) is 3.53. The monoisotopic (exact) mass is 474 g/mol. The van der Waals surface area contributed by atoms with E-state index in [2.05, 4.69) is 15.0 Å². The maximum absolute atomic E-state index is 13.4. The molecule has 1 fully saturated rings. The third kappa shape index (κ3) is 4.59. The smallest absolute Gasteiger partial charge is 0.256 e. The zero-order valence-corrected chi connectivity index (χ0v) is 20.0. The normalized spacial score (nSPS) is 15.9. The molecule has 0 N–H and O–H groups in total. The van der Waals surface area contributed by atoms with Gasteiger partial charge >= 0.3 is 0 Å². The molecule has 7 nitrogen and oxygen atoms in total. The van der Waals surface area contributed by atoms with Gasteiger partial charge in [0, 0.05) is 19.2 Å². The molecule has 4 heterocycles. The summed E-state index contributed by atoms with van der Waals surface area (Å²) in [5, 5.41) is 0. The highest BCUT2D eigenvalue weighted by molar-refractivity contribution is 7.13. The van der Waals surface area contributed by atoms with Crippen molar-refractivity contribution in [1.29, 1.82) is 0 Å². The number of aryl methyl sites for hydroxylation is 1. The lowest BCUT2D eigenvalue weighted by molar-refractivity contribution is 0.0569. The topological polar surface area (TPSA) is 81.4 Å². The van der Waals surface area contributed by atoms with E-state index in [4.69, 9.17) is 9.15 Å². The number of ether oxygens (including phenoxy) is 1. The van der Waals surface area contributed by atoms with E-state index in [1.807, 2.05) is 53.7 Å². The Morgan fingerprint density at radius 3 is 2.85 bits per heavy atom. The highest BCUT2D eigenvalue weighted by Crippen LogP contribution is 2.33. The molecule has 0 spiro atoms. The zero-order valence-electron chi connectivity index (χ0n) is 19.2. The lowest BCUT2D eigenvalue weighted by atomic mass is 10.0. The molecule has 1 aliphatic rings. The van der Waals surface area contributed by atoms with Gasteiger partial charge in [0.1, 0.15) is 17.6 Å². The molecule has 1 amide bonds. The van der Waals surface area contributed by atoms with Crippen LogP contribution in [0.4, 0.5) is 0 Å². The molecule has 1 aliphatic heterocycles. The number of likely N-dealkylation sites (tertiary alicyclic amines) is 1. The van der Waals surface area contributed by atoms with Crippen molar-refractivity contribution < 1.29 is 13.9 Å². The van der Waals surface area contributed by atoms with Gasteiger partial charge in [-0.15, -0.1) is 11.3 Å². The van der Waals surface area contributed by atoms with E-state index in [1.54, 1.807) is 30.8 Å². The Bertz CT molecular complexity index is 1280. The Hall–Kier alpha value is -3.52. The number of thiazole rings is 1. The van der Waals surface area contributed by atoms with Crippen LogP contribution in [0.3, 0.4) is 0 Å². The van der Waals surface area contributed by atoms with Crippen LogP contribution in [0.15, 0.2) is 58.7 Å². The molecule has 3 aromatic heterocycles. The fraction of sp³-hybridized carbons (Fsp3) is 0.308. The summed E-state index contributed by atoms with van der Waals surface area (Å²) in [5.74, 6) is 2.13. The first-order valence-corrected chi connectivity index (χ1v) is 12.3. The summed E-state index contributed by atoms with van der Waals surface area (Å²) in [6.45, 7) is 2.64. The molecule has 0 saturated carbocycles. The molecule has 1 aromatic carbocycles. The maximum Gasteiger partial charge on any atom is 0.256 e. The van der Waals surface area contributed by atoms with E-state index in [0.717, 1.165) is 52.6 Å². The van der Waals surface area contributed by atoms with Gasteiger partial charge in [-0.05, 0) is 56.0 Å². The van der Waals surface area contributed by atoms with Crippen molar-refractivity contribution in [2.45, 2.75) is 38.6 Å². The SMILES string of the molecule is COc1cccc(Cc2cnc([C@H]3CCCCN3C(=O)c3ccc(-c4scnc4C)nc3)o2)c1. The molecule has 4 aromatic rings. The number of carbonyl (C=O) groups excluding carboxylic acids is 1. The van der Waals surface area contributed by atoms with Crippen molar-refractivity contribution >= 4 is 17.2 Å². The number of hydrogen-bond donors (Lipinski definition) is 0. The fourth-order valence-corrected chi connectivity index (χ4v) is 5.12. The maximum atomic E-state index is 13.4. The Morgan fingerprint density at radius 2 is 2.09 bits per heavy atom. The molecule has 5 rings (SSSR count). The van der Waals surface area contributed by atoms with E-state index < -0.39 is 0 Å². The number of aromatic nitrogens is 3. The van der Waals surface area contributed by atoms with Crippen LogP contribution in [-0.4, -0.2) is 39.4 Å². The van der Waals surface area contributed by atoms with Gasteiger partial charge in [-0.1, -0.05) is 12.1 Å². The van der Waals surface area contributed by atoms with Gasteiger partial charge in [0.15, 0.2) is 0 Å². The number of methoxy groups -OCH3 is 1. The van der Waals surface area contributed by atoms with Crippen LogP contribution in [0.5, 0.6) is 5.75 Å². The van der Waals surface area contributed by atoms with Crippen LogP contribution in [-0.2, 0) is 6.42 Å². The van der Waals surface area contributed by atoms with Crippen molar-refractivity contribution in [2.24, 2.45) is 0 Å². The van der Waals surface area contributed by atoms with Crippen LogP contribution < -0.4 is 4.74 Å². The molecule has 34 heavy (non-hydrogen) atoms. The number of nitrogens with zero attached hydrogens (tertiary/aromatic N) is 4. The molecule has 1 saturated heterocycles. The lowest BCUT2D eigenvalue weighted by Gasteiger charge is -2.33. The van der Waals surface area contributed by atoms with Crippen molar-refractivity contribution in [3.63, 3.8) is 0 Å². The van der Waals surface area contributed by atoms with E-state index in [-0.39, 0.29) is 11.9 Å². The number of hydrogen-bond acceptors (Lipinski definition) is 7. The highest BCUT2D eigenvalue weighted by atomic mass is 32.1. The summed E-state index contributed by atoms with van der Waals surface area (Å²) in [6, 6.07) is 11.5. The first-order chi connectivity index (χ1) is 16.6. The Balaban J connectivity index is 1.33. The Morgan fingerprint density at radius 1 is 1.18 bits per heavy atom. The predicted molar refractivity (Wildman–Crippen MR) is 130 cm³/mol. The second-order valence-corrected chi connectivity index (χ2v) is 9.26. The summed E-state index contributed by atoms with van der Waals surface area (Å²) >= 11 is 1.55. The highest BCUT2D eigenvalue weighted by Gasteiger charge is 2.32. The molecule has 0 radical (unpaired) electrons. The van der Waals surface area contributed by atoms with E-state index in [1.165, 1.54) is 0 Å². The molecule has 0 aliphatic carbocycles. The number of pyridine rings is 1. The Kier molecular flexibility index (Phi) is 6.40. The first-order valence-electron chi connectivity index (χ1n) is 11.4. The van der Waals surface area contributed by atoms with Crippen molar-refractivity contribution in [1.82, 2.24) is 19.9 Å². The van der Waals surface area contributed by atoms with Gasteiger partial charge in [-0.2, -0.15) is 0 Å². The summed E-state index contributed by atoms with van der Waals surface area (Å²) in [5.41, 5.74) is 5.24. The Labute approximate surface area is 202 Å². The van der Waals surface area contributed by atoms with Crippen molar-refractivity contribution in [3.05, 3.63) is 82.8 Å². The summed E-state index contributed by atoms with van der Waals surface area (Å²) < 4.78 is 11.4. The molecule has 8 heteroatoms. The van der Waals surface area contributed by atoms with Crippen LogP contribution in [0.1, 0.15) is 58.6 Å². The predicted octanol–water partition coefficient (Wildman–Crippen LogP) is 5.47. The third-order valence-electron chi connectivity index (χ3n) is 6.12. The largest absolute Gasteiger partial charge is 0.497 e. The second kappa shape index (κ2) is 9.77. The molecular formula is C26H26N4O3S. The zero-order chi connectivity index (χ0) is 23.5. The summed E-state index contributed by atoms with van der Waals surface area (Å²) in [6.07, 6.45) is 6.87. The minimum atomic E-state index is -0.177. The fourth-order valence-electron chi connectivity index (χ4n) is 4.34. The number of amides is 1. The summed E-state index contributed by atoms with van der Waals surface area (Å²) in [7, 11) is 1.66. The van der Waals surface area contributed by atoms with Gasteiger partial charge < -0.3 is 14.1 Å². The van der Waals surface area contributed by atoms with Crippen LogP contribution in [0.2, 0.25) is 0 Å². The average molecular weight is 475 g/mol. The van der Waals surface area contributed by atoms with E-state index in [0.29, 0.717) is 24.4 Å². The molecule has 0 unspecified atom stereocenters. The lowest BCUT2D eigenvalue weighted by Crippen LogP contribution is -2.38. The first kappa shape index (κ1) is 22.3. The van der Waals surface area contributed by atoms with Crippen LogP contribution in [0.25, 0.3) is 10.6 Å². The van der Waals surface area contributed by atoms with Gasteiger partial charge in [-0.25, -0.2) is 9.97 Å². The number of oxazole rings is 1. The van der Waals surface area contributed by atoms with Crippen LogP contribution >= 0.6 is 11.3 Å². The third-order valence-corrected chi connectivity index (χ3v) is 7.07. The number of piperidine rings is 1.